The van der Waals surface area contributed by atoms with Crippen LogP contribution in [0.5, 0.6) is 0 Å². The molecule has 0 bridgehead atoms. The van der Waals surface area contributed by atoms with Crippen LogP contribution >= 0.6 is 0 Å². The first-order valence-electron chi connectivity index (χ1n) is 12.7. The lowest BCUT2D eigenvalue weighted by Gasteiger charge is -2.41. The van der Waals surface area contributed by atoms with E-state index in [2.05, 4.69) is 16.0 Å². The summed E-state index contributed by atoms with van der Waals surface area (Å²) < 4.78 is 31.4. The highest BCUT2D eigenvalue weighted by atomic mass is 32.2. The third kappa shape index (κ3) is 7.20. The predicted octanol–water partition coefficient (Wildman–Crippen LogP) is 0.969. The van der Waals surface area contributed by atoms with E-state index in [9.17, 15) is 22.8 Å². The Balaban J connectivity index is 1.78. The summed E-state index contributed by atoms with van der Waals surface area (Å²) in [5.74, 6) is -1.02. The number of fused-ring (bicyclic) bond motifs is 1. The number of piperazine rings is 1. The Hall–Kier alpha value is -2.70. The highest BCUT2D eigenvalue weighted by Gasteiger charge is 2.40. The van der Waals surface area contributed by atoms with E-state index in [1.807, 2.05) is 38.1 Å². The van der Waals surface area contributed by atoms with Crippen LogP contribution in [-0.4, -0.2) is 86.8 Å². The summed E-state index contributed by atoms with van der Waals surface area (Å²) in [6, 6.07) is 6.29. The maximum absolute atomic E-state index is 13.6. The highest BCUT2D eigenvalue weighted by molar-refractivity contribution is 7.88. The molecule has 1 saturated heterocycles. The van der Waals surface area contributed by atoms with Crippen LogP contribution in [0.1, 0.15) is 50.8 Å². The summed E-state index contributed by atoms with van der Waals surface area (Å²) in [5, 5.41) is 8.52. The topological polar surface area (TPSA) is 137 Å². The second-order valence-electron chi connectivity index (χ2n) is 10.0. The zero-order valence-corrected chi connectivity index (χ0v) is 23.0. The number of ether oxygens (including phenoxy) is 1. The number of benzene rings is 1. The van der Waals surface area contributed by atoms with Gasteiger partial charge in [0.25, 0.3) is 0 Å². The van der Waals surface area contributed by atoms with Crippen LogP contribution in [0, 0.1) is 5.92 Å². The summed E-state index contributed by atoms with van der Waals surface area (Å²) in [6.07, 6.45) is 1.81. The van der Waals surface area contributed by atoms with Crippen LogP contribution < -0.4 is 16.0 Å². The molecule has 12 heteroatoms. The Morgan fingerprint density at radius 1 is 1.11 bits per heavy atom. The number of nitrogens with one attached hydrogen (secondary N) is 3. The van der Waals surface area contributed by atoms with Crippen LogP contribution in [0.25, 0.3) is 0 Å². The lowest BCUT2D eigenvalue weighted by atomic mass is 9.88. The number of carbonyl (C=O) groups is 3. The fourth-order valence-corrected chi connectivity index (χ4v) is 5.50. The lowest BCUT2D eigenvalue weighted by Crippen LogP contribution is -2.63. The molecule has 1 aliphatic carbocycles. The zero-order chi connectivity index (χ0) is 27.3. The molecular weight excluding hydrogens is 498 g/mol. The molecule has 1 aromatic rings. The number of aryl methyl sites for hydroxylation is 1. The van der Waals surface area contributed by atoms with Gasteiger partial charge in [0, 0.05) is 13.1 Å². The van der Waals surface area contributed by atoms with Gasteiger partial charge in [0.05, 0.1) is 24.9 Å². The first-order valence-corrected chi connectivity index (χ1v) is 14.5. The van der Waals surface area contributed by atoms with Crippen molar-refractivity contribution in [2.45, 2.75) is 64.4 Å². The molecule has 4 atom stereocenters. The van der Waals surface area contributed by atoms with Gasteiger partial charge in [0.2, 0.25) is 21.8 Å². The molecule has 1 heterocycles. The van der Waals surface area contributed by atoms with Gasteiger partial charge in [0.1, 0.15) is 6.04 Å². The number of amides is 3. The summed E-state index contributed by atoms with van der Waals surface area (Å²) >= 11 is 0. The van der Waals surface area contributed by atoms with Crippen molar-refractivity contribution < 1.29 is 27.5 Å². The standard InChI is InChI=1S/C25H39N5O6S/c1-16(2)22(28-23(31)17(3)26-4)24(32)30-14-13-29(37(5,34)35)15-21(30)36-25(33)27-20-12-8-10-18-9-6-7-11-19(18)20/h6-7,9,11,16-17,20-22,26H,8,10,12-15H2,1-5H3,(H,27,33)(H,28,31)/t17-,20?,21-,22-/m0/s1. The Bertz CT molecular complexity index is 1090. The molecule has 1 fully saturated rings. The summed E-state index contributed by atoms with van der Waals surface area (Å²) in [6.45, 7) is 5.20. The van der Waals surface area contributed by atoms with E-state index in [0.717, 1.165) is 31.1 Å². The monoisotopic (exact) mass is 537 g/mol. The molecule has 206 valence electrons. The number of hydrogen-bond donors (Lipinski definition) is 3. The smallest absolute Gasteiger partial charge is 0.409 e. The minimum Gasteiger partial charge on any atom is -0.424 e. The fraction of sp³-hybridized carbons (Fsp3) is 0.640. The molecule has 1 aliphatic heterocycles. The Morgan fingerprint density at radius 2 is 1.81 bits per heavy atom. The number of nitrogens with zero attached hydrogens (tertiary/aromatic N) is 2. The van der Waals surface area contributed by atoms with Gasteiger partial charge in [0.15, 0.2) is 6.23 Å². The molecule has 1 unspecified atom stereocenters. The maximum atomic E-state index is 13.6. The molecule has 3 amide bonds. The first kappa shape index (κ1) is 28.9. The van der Waals surface area contributed by atoms with Gasteiger partial charge < -0.3 is 25.6 Å². The van der Waals surface area contributed by atoms with Crippen molar-refractivity contribution in [2.24, 2.45) is 5.92 Å². The van der Waals surface area contributed by atoms with Crippen molar-refractivity contribution in [2.75, 3.05) is 32.9 Å². The number of sulfonamides is 1. The first-order chi connectivity index (χ1) is 17.4. The van der Waals surface area contributed by atoms with Crippen molar-refractivity contribution in [3.8, 4) is 0 Å². The quantitative estimate of drug-likeness (QED) is 0.449. The molecule has 0 aromatic heterocycles. The lowest BCUT2D eigenvalue weighted by molar-refractivity contribution is -0.150. The third-order valence-corrected chi connectivity index (χ3v) is 8.28. The van der Waals surface area contributed by atoms with Gasteiger partial charge in [-0.25, -0.2) is 13.2 Å². The average Bonchev–Trinajstić information content (AvgIpc) is 2.85. The van der Waals surface area contributed by atoms with E-state index in [1.165, 1.54) is 14.8 Å². The maximum Gasteiger partial charge on any atom is 0.409 e. The number of likely N-dealkylation sites (N-methyl/N-ethyl adjacent to an activating group) is 1. The number of alkyl carbamates (subject to hydrolysis) is 1. The van der Waals surface area contributed by atoms with Crippen LogP contribution in [-0.2, 0) is 30.8 Å². The number of rotatable bonds is 8. The van der Waals surface area contributed by atoms with Crippen molar-refractivity contribution in [3.05, 3.63) is 35.4 Å². The predicted molar refractivity (Wildman–Crippen MR) is 139 cm³/mol. The highest BCUT2D eigenvalue weighted by Crippen LogP contribution is 2.29. The molecule has 2 aliphatic rings. The fourth-order valence-electron chi connectivity index (χ4n) is 4.69. The Kier molecular flexibility index (Phi) is 9.54. The minimum atomic E-state index is -3.58. The SMILES string of the molecule is CN[C@@H](C)C(=O)N[C@H](C(=O)N1CCN(S(C)(=O)=O)C[C@@H]1OC(=O)NC1CCCc2ccccc21)C(C)C. The van der Waals surface area contributed by atoms with Crippen LogP contribution in [0.4, 0.5) is 4.79 Å². The number of carbonyl (C=O) groups excluding carboxylic acids is 3. The van der Waals surface area contributed by atoms with Gasteiger partial charge in [-0.15, -0.1) is 0 Å². The summed E-state index contributed by atoms with van der Waals surface area (Å²) in [4.78, 5) is 40.5. The van der Waals surface area contributed by atoms with Gasteiger partial charge >= 0.3 is 6.09 Å². The van der Waals surface area contributed by atoms with E-state index in [0.29, 0.717) is 0 Å². The zero-order valence-electron chi connectivity index (χ0n) is 22.2. The second-order valence-corrected chi connectivity index (χ2v) is 12.0. The van der Waals surface area contributed by atoms with Gasteiger partial charge in [-0.2, -0.15) is 4.31 Å². The van der Waals surface area contributed by atoms with Crippen molar-refractivity contribution >= 4 is 27.9 Å². The van der Waals surface area contributed by atoms with Gasteiger partial charge in [-0.1, -0.05) is 38.1 Å². The molecule has 0 saturated carbocycles. The van der Waals surface area contributed by atoms with Crippen molar-refractivity contribution in [1.82, 2.24) is 25.2 Å². The third-order valence-electron chi connectivity index (χ3n) is 7.01. The molecule has 11 nitrogen and oxygen atoms in total. The molecule has 0 radical (unpaired) electrons. The van der Waals surface area contributed by atoms with Gasteiger partial charge in [-0.3, -0.25) is 9.59 Å². The summed E-state index contributed by atoms with van der Waals surface area (Å²) in [7, 11) is -1.93. The molecule has 37 heavy (non-hydrogen) atoms. The Labute approximate surface area is 219 Å². The average molecular weight is 538 g/mol. The Morgan fingerprint density at radius 3 is 2.46 bits per heavy atom. The van der Waals surface area contributed by atoms with E-state index in [-0.39, 0.29) is 37.5 Å². The molecule has 1 aromatic carbocycles. The largest absolute Gasteiger partial charge is 0.424 e. The molecular formula is C25H39N5O6S. The van der Waals surface area contributed by atoms with Crippen molar-refractivity contribution in [3.63, 3.8) is 0 Å². The summed E-state index contributed by atoms with van der Waals surface area (Å²) in [5.41, 5.74) is 2.20. The van der Waals surface area contributed by atoms with Crippen LogP contribution in [0.3, 0.4) is 0 Å². The van der Waals surface area contributed by atoms with E-state index in [4.69, 9.17) is 4.74 Å². The van der Waals surface area contributed by atoms with Gasteiger partial charge in [-0.05, 0) is 50.3 Å². The van der Waals surface area contributed by atoms with E-state index >= 15 is 0 Å². The second kappa shape index (κ2) is 12.2. The molecule has 3 N–H and O–H groups in total. The number of hydrogen-bond acceptors (Lipinski definition) is 7. The van der Waals surface area contributed by atoms with E-state index in [1.54, 1.807) is 14.0 Å². The minimum absolute atomic E-state index is 0.0246. The van der Waals surface area contributed by atoms with Crippen LogP contribution in [0.2, 0.25) is 0 Å². The van der Waals surface area contributed by atoms with Crippen molar-refractivity contribution in [1.29, 1.82) is 0 Å². The van der Waals surface area contributed by atoms with Crippen LogP contribution in [0.15, 0.2) is 24.3 Å². The molecule has 0 spiro atoms. The van der Waals surface area contributed by atoms with E-state index < -0.39 is 40.3 Å². The molecule has 3 rings (SSSR count). The normalized spacial score (nSPS) is 22.1.